The molecule has 2 saturated heterocycles. The zero-order valence-electron chi connectivity index (χ0n) is 13.9. The maximum absolute atomic E-state index is 12.9. The van der Waals surface area contributed by atoms with Gasteiger partial charge in [0.1, 0.15) is 5.76 Å². The molecule has 2 bridgehead atoms. The van der Waals surface area contributed by atoms with Crippen molar-refractivity contribution >= 4 is 5.78 Å². The number of hydrogen-bond acceptors (Lipinski definition) is 4. The van der Waals surface area contributed by atoms with Crippen molar-refractivity contribution < 1.29 is 14.3 Å². The van der Waals surface area contributed by atoms with E-state index in [-0.39, 0.29) is 17.1 Å². The molecule has 1 spiro atoms. The third-order valence-electron chi connectivity index (χ3n) is 7.32. The molecule has 2 unspecified atom stereocenters. The van der Waals surface area contributed by atoms with Crippen molar-refractivity contribution in [2.75, 3.05) is 20.7 Å². The highest BCUT2D eigenvalue weighted by Gasteiger charge is 2.74. The lowest BCUT2D eigenvalue weighted by Gasteiger charge is -2.61. The molecule has 0 aromatic carbocycles. The molecule has 3 fully saturated rings. The number of hydrogen-bond donors (Lipinski definition) is 0. The van der Waals surface area contributed by atoms with E-state index in [9.17, 15) is 4.79 Å². The molecule has 23 heavy (non-hydrogen) atoms. The van der Waals surface area contributed by atoms with Gasteiger partial charge < -0.3 is 14.4 Å². The van der Waals surface area contributed by atoms with Crippen LogP contribution in [0.25, 0.3) is 0 Å². The molecule has 0 aromatic rings. The Hall–Kier alpha value is -1.55. The number of ketones is 1. The quantitative estimate of drug-likeness (QED) is 0.744. The van der Waals surface area contributed by atoms with Gasteiger partial charge in [0, 0.05) is 23.3 Å². The van der Waals surface area contributed by atoms with Crippen LogP contribution in [0.1, 0.15) is 19.8 Å². The average Bonchev–Trinajstić information content (AvgIpc) is 2.82. The number of methoxy groups -OCH3 is 1. The highest BCUT2D eigenvalue weighted by atomic mass is 16.5. The van der Waals surface area contributed by atoms with Crippen LogP contribution < -0.4 is 0 Å². The summed E-state index contributed by atoms with van der Waals surface area (Å²) >= 11 is 0. The van der Waals surface area contributed by atoms with Gasteiger partial charge in [-0.15, -0.1) is 0 Å². The van der Waals surface area contributed by atoms with Crippen LogP contribution >= 0.6 is 0 Å². The number of likely N-dealkylation sites (tertiary alicyclic amines) is 1. The summed E-state index contributed by atoms with van der Waals surface area (Å²) in [6, 6.07) is 0.491. The summed E-state index contributed by atoms with van der Waals surface area (Å²) in [6.07, 6.45) is 10.4. The van der Waals surface area contributed by atoms with Gasteiger partial charge in [-0.05, 0) is 51.4 Å². The Morgan fingerprint density at radius 1 is 1.35 bits per heavy atom. The molecule has 2 aliphatic heterocycles. The lowest BCUT2D eigenvalue weighted by atomic mass is 9.44. The number of rotatable bonds is 1. The normalized spacial score (nSPS) is 50.0. The Kier molecular flexibility index (Phi) is 2.47. The van der Waals surface area contributed by atoms with Crippen molar-refractivity contribution in [3.05, 3.63) is 35.8 Å². The van der Waals surface area contributed by atoms with Gasteiger partial charge >= 0.3 is 0 Å². The Morgan fingerprint density at radius 2 is 2.17 bits per heavy atom. The van der Waals surface area contributed by atoms with Crippen LogP contribution in [-0.4, -0.2) is 43.0 Å². The molecule has 1 saturated carbocycles. The van der Waals surface area contributed by atoms with E-state index >= 15 is 0 Å². The second-order valence-electron chi connectivity index (χ2n) is 7.89. The number of carbonyl (C=O) groups is 1. The molecule has 0 radical (unpaired) electrons. The van der Waals surface area contributed by atoms with Crippen molar-refractivity contribution in [1.29, 1.82) is 0 Å². The zero-order chi connectivity index (χ0) is 16.0. The van der Waals surface area contributed by atoms with Crippen LogP contribution in [0.5, 0.6) is 0 Å². The fourth-order valence-corrected chi connectivity index (χ4v) is 6.24. The van der Waals surface area contributed by atoms with Gasteiger partial charge in [-0.1, -0.05) is 12.2 Å². The number of allylic oxidation sites excluding steroid dienone is 3. The number of piperidine rings is 1. The Labute approximate surface area is 136 Å². The first-order valence-corrected chi connectivity index (χ1v) is 8.61. The second-order valence-corrected chi connectivity index (χ2v) is 7.89. The Balaban J connectivity index is 1.79. The predicted molar refractivity (Wildman–Crippen MR) is 85.4 cm³/mol. The van der Waals surface area contributed by atoms with Gasteiger partial charge in [0.25, 0.3) is 0 Å². The predicted octanol–water partition coefficient (Wildman–Crippen LogP) is 2.28. The first-order valence-electron chi connectivity index (χ1n) is 8.61. The summed E-state index contributed by atoms with van der Waals surface area (Å²) in [5.74, 6) is 2.94. The van der Waals surface area contributed by atoms with Crippen LogP contribution in [-0.2, 0) is 14.3 Å². The summed E-state index contributed by atoms with van der Waals surface area (Å²) < 4.78 is 12.0. The van der Waals surface area contributed by atoms with Gasteiger partial charge in [0.2, 0.25) is 0 Å². The van der Waals surface area contributed by atoms with Gasteiger partial charge in [-0.3, -0.25) is 4.79 Å². The highest BCUT2D eigenvalue weighted by Crippen LogP contribution is 2.70. The first-order chi connectivity index (χ1) is 11.0. The van der Waals surface area contributed by atoms with E-state index in [0.29, 0.717) is 17.9 Å². The van der Waals surface area contributed by atoms with E-state index < -0.39 is 5.60 Å². The molecular formula is C19H23NO3. The van der Waals surface area contributed by atoms with Crippen LogP contribution in [0, 0.1) is 23.2 Å². The fourth-order valence-electron chi connectivity index (χ4n) is 6.24. The second kappa shape index (κ2) is 4.10. The van der Waals surface area contributed by atoms with Crippen LogP contribution in [0.3, 0.4) is 0 Å². The van der Waals surface area contributed by atoms with E-state index in [1.54, 1.807) is 13.2 Å². The van der Waals surface area contributed by atoms with Crippen molar-refractivity contribution in [3.63, 3.8) is 0 Å². The SMILES string of the molecule is COC1=C2O[C@@]3(C)C(=O)C=C[C@H]4[C@H]5CC(C=C1)C2[C@]43CCN5C. The Morgan fingerprint density at radius 3 is 2.96 bits per heavy atom. The van der Waals surface area contributed by atoms with E-state index in [1.807, 2.05) is 13.0 Å². The van der Waals surface area contributed by atoms with E-state index in [2.05, 4.69) is 24.1 Å². The minimum absolute atomic E-state index is 0.120. The summed E-state index contributed by atoms with van der Waals surface area (Å²) in [6.45, 7) is 3.05. The summed E-state index contributed by atoms with van der Waals surface area (Å²) in [5.41, 5.74) is -0.872. The third kappa shape index (κ3) is 1.33. The molecule has 0 amide bonds. The van der Waals surface area contributed by atoms with Gasteiger partial charge in [-0.25, -0.2) is 0 Å². The molecular weight excluding hydrogens is 290 g/mol. The molecule has 2 heterocycles. The topological polar surface area (TPSA) is 38.8 Å². The third-order valence-corrected chi connectivity index (χ3v) is 7.32. The van der Waals surface area contributed by atoms with E-state index in [4.69, 9.17) is 9.47 Å². The van der Waals surface area contributed by atoms with Gasteiger partial charge in [0.15, 0.2) is 17.1 Å². The molecule has 122 valence electrons. The molecule has 4 heteroatoms. The molecule has 3 aliphatic carbocycles. The molecule has 0 aromatic heterocycles. The van der Waals surface area contributed by atoms with Crippen molar-refractivity contribution in [3.8, 4) is 0 Å². The monoisotopic (exact) mass is 313 g/mol. The summed E-state index contributed by atoms with van der Waals surface area (Å²) in [4.78, 5) is 15.4. The van der Waals surface area contributed by atoms with Gasteiger partial charge in [0.05, 0.1) is 7.11 Å². The fraction of sp³-hybridized carbons (Fsp3) is 0.632. The smallest absolute Gasteiger partial charge is 0.199 e. The van der Waals surface area contributed by atoms with Crippen LogP contribution in [0.15, 0.2) is 35.8 Å². The van der Waals surface area contributed by atoms with E-state index in [0.717, 1.165) is 30.9 Å². The lowest BCUT2D eigenvalue weighted by Crippen LogP contribution is -2.68. The average molecular weight is 313 g/mol. The summed E-state index contributed by atoms with van der Waals surface area (Å²) in [5, 5.41) is 0. The number of carbonyl (C=O) groups excluding carboxylic acids is 1. The van der Waals surface area contributed by atoms with Crippen LogP contribution in [0.2, 0.25) is 0 Å². The summed E-state index contributed by atoms with van der Waals surface area (Å²) in [7, 11) is 3.91. The number of ether oxygens (including phenoxy) is 2. The minimum atomic E-state index is -0.750. The lowest BCUT2D eigenvalue weighted by molar-refractivity contribution is -0.164. The largest absolute Gasteiger partial charge is 0.493 e. The van der Waals surface area contributed by atoms with Crippen molar-refractivity contribution in [1.82, 2.24) is 4.90 Å². The molecule has 4 nitrogen and oxygen atoms in total. The van der Waals surface area contributed by atoms with Crippen molar-refractivity contribution in [2.45, 2.75) is 31.4 Å². The first kappa shape index (κ1) is 13.8. The van der Waals surface area contributed by atoms with Crippen molar-refractivity contribution in [2.24, 2.45) is 23.2 Å². The van der Waals surface area contributed by atoms with E-state index in [1.165, 1.54) is 0 Å². The maximum atomic E-state index is 12.9. The standard InChI is InChI=1S/C19H23NO3/c1-18-15(21)7-5-12-13-10-11-4-6-14(22-3)17(23-18)16(11)19(12,18)8-9-20(13)2/h4-7,11-13,16H,8-10H2,1-3H3/t11?,12-,13+,16?,18-,19-/m0/s1. The minimum Gasteiger partial charge on any atom is -0.493 e. The maximum Gasteiger partial charge on any atom is 0.199 e. The highest BCUT2D eigenvalue weighted by molar-refractivity contribution is 5.99. The Bertz CT molecular complexity index is 693. The zero-order valence-corrected chi connectivity index (χ0v) is 13.9. The molecule has 5 aliphatic rings. The molecule has 5 rings (SSSR count). The number of nitrogens with zero attached hydrogens (tertiary/aromatic N) is 1. The van der Waals surface area contributed by atoms with Gasteiger partial charge in [-0.2, -0.15) is 0 Å². The van der Waals surface area contributed by atoms with Crippen LogP contribution in [0.4, 0.5) is 0 Å². The molecule has 0 N–H and O–H groups in total. The molecule has 6 atom stereocenters.